The molecule has 1 aromatic carbocycles. The number of nitrogens with zero attached hydrogens (tertiary/aromatic N) is 2. The van der Waals surface area contributed by atoms with Crippen molar-refractivity contribution < 1.29 is 13.9 Å². The number of halogens is 1. The number of likely N-dealkylation sites (tertiary alicyclic amines) is 1. The minimum absolute atomic E-state index is 0.114. The summed E-state index contributed by atoms with van der Waals surface area (Å²) < 4.78 is 18.7. The Bertz CT molecular complexity index is 529. The maximum absolute atomic E-state index is 13.8. The van der Waals surface area contributed by atoms with Gasteiger partial charge in [0.15, 0.2) is 11.6 Å². The van der Waals surface area contributed by atoms with Gasteiger partial charge in [0.1, 0.15) is 0 Å². The van der Waals surface area contributed by atoms with Gasteiger partial charge in [-0.25, -0.2) is 4.39 Å². The van der Waals surface area contributed by atoms with E-state index in [1.165, 1.54) is 19.2 Å². The van der Waals surface area contributed by atoms with Crippen molar-refractivity contribution in [1.29, 1.82) is 0 Å². The van der Waals surface area contributed by atoms with Crippen LogP contribution in [0.2, 0.25) is 0 Å². The third-order valence-electron chi connectivity index (χ3n) is 4.54. The van der Waals surface area contributed by atoms with E-state index in [1.54, 1.807) is 6.07 Å². The van der Waals surface area contributed by atoms with Crippen LogP contribution in [-0.4, -0.2) is 56.0 Å². The van der Waals surface area contributed by atoms with Gasteiger partial charge in [-0.2, -0.15) is 0 Å². The van der Waals surface area contributed by atoms with Crippen molar-refractivity contribution in [3.63, 3.8) is 0 Å². The van der Waals surface area contributed by atoms with Crippen molar-refractivity contribution in [3.05, 3.63) is 29.6 Å². The third kappa shape index (κ3) is 3.24. The van der Waals surface area contributed by atoms with E-state index in [2.05, 4.69) is 18.7 Å². The minimum atomic E-state index is -0.503. The Labute approximate surface area is 131 Å². The second-order valence-corrected chi connectivity index (χ2v) is 6.50. The van der Waals surface area contributed by atoms with Gasteiger partial charge in [0.2, 0.25) is 0 Å². The quantitative estimate of drug-likeness (QED) is 0.857. The zero-order valence-electron chi connectivity index (χ0n) is 14.0. The highest BCUT2D eigenvalue weighted by Gasteiger charge is 2.38. The van der Waals surface area contributed by atoms with Gasteiger partial charge in [-0.3, -0.25) is 4.79 Å². The Balaban J connectivity index is 2.18. The van der Waals surface area contributed by atoms with Crippen LogP contribution in [0, 0.1) is 17.7 Å². The Morgan fingerprint density at radius 1 is 1.36 bits per heavy atom. The number of likely N-dealkylation sites (N-methyl/N-ethyl adjacent to an activating group) is 1. The van der Waals surface area contributed by atoms with Crippen molar-refractivity contribution in [2.45, 2.75) is 19.9 Å². The highest BCUT2D eigenvalue weighted by atomic mass is 19.1. The fourth-order valence-electron chi connectivity index (χ4n) is 3.16. The maximum atomic E-state index is 13.8. The summed E-state index contributed by atoms with van der Waals surface area (Å²) in [4.78, 5) is 16.6. The number of benzene rings is 1. The van der Waals surface area contributed by atoms with Gasteiger partial charge < -0.3 is 14.5 Å². The maximum Gasteiger partial charge on any atom is 0.254 e. The van der Waals surface area contributed by atoms with Gasteiger partial charge in [-0.05, 0) is 44.1 Å². The van der Waals surface area contributed by atoms with E-state index in [-0.39, 0.29) is 11.7 Å². The monoisotopic (exact) mass is 308 g/mol. The van der Waals surface area contributed by atoms with E-state index in [1.807, 2.05) is 19.0 Å². The summed E-state index contributed by atoms with van der Waals surface area (Å²) in [5, 5.41) is 0. The second-order valence-electron chi connectivity index (χ2n) is 6.50. The number of carbonyl (C=O) groups is 1. The standard InChI is InChI=1S/C17H25FN2O2/c1-11(2)13-9-20(10-15(13)19(3)4)17(21)12-6-7-16(22-5)14(18)8-12/h6-8,11,13,15H,9-10H2,1-5H3. The third-order valence-corrected chi connectivity index (χ3v) is 4.54. The first kappa shape index (κ1) is 16.7. The number of methoxy groups -OCH3 is 1. The molecule has 2 atom stereocenters. The highest BCUT2D eigenvalue weighted by molar-refractivity contribution is 5.94. The summed E-state index contributed by atoms with van der Waals surface area (Å²) in [6, 6.07) is 4.72. The Morgan fingerprint density at radius 3 is 2.50 bits per heavy atom. The molecule has 0 aromatic heterocycles. The van der Waals surface area contributed by atoms with Gasteiger partial charge in [-0.15, -0.1) is 0 Å². The summed E-state index contributed by atoms with van der Waals surface area (Å²) in [5.74, 6) is 0.470. The van der Waals surface area contributed by atoms with Crippen molar-refractivity contribution in [1.82, 2.24) is 9.80 Å². The Kier molecular flexibility index (Phi) is 5.06. The van der Waals surface area contributed by atoms with Crippen LogP contribution in [0.3, 0.4) is 0 Å². The number of carbonyl (C=O) groups excluding carboxylic acids is 1. The Morgan fingerprint density at radius 2 is 2.05 bits per heavy atom. The lowest BCUT2D eigenvalue weighted by Gasteiger charge is -2.27. The first-order chi connectivity index (χ1) is 10.3. The van der Waals surface area contributed by atoms with Crippen LogP contribution in [0.1, 0.15) is 24.2 Å². The van der Waals surface area contributed by atoms with Crippen LogP contribution in [0.4, 0.5) is 4.39 Å². The Hall–Kier alpha value is -1.62. The fourth-order valence-corrected chi connectivity index (χ4v) is 3.16. The molecule has 0 spiro atoms. The molecule has 22 heavy (non-hydrogen) atoms. The topological polar surface area (TPSA) is 32.8 Å². The average molecular weight is 308 g/mol. The molecule has 1 fully saturated rings. The van der Waals surface area contributed by atoms with Crippen molar-refractivity contribution in [3.8, 4) is 5.75 Å². The summed E-state index contributed by atoms with van der Waals surface area (Å²) in [5.41, 5.74) is 0.375. The smallest absolute Gasteiger partial charge is 0.254 e. The fraction of sp³-hybridized carbons (Fsp3) is 0.588. The molecule has 1 aromatic rings. The minimum Gasteiger partial charge on any atom is -0.494 e. The molecule has 0 N–H and O–H groups in total. The van der Waals surface area contributed by atoms with Crippen molar-refractivity contribution >= 4 is 5.91 Å². The molecule has 4 nitrogen and oxygen atoms in total. The van der Waals surface area contributed by atoms with Crippen LogP contribution in [0.5, 0.6) is 5.75 Å². The van der Waals surface area contributed by atoms with E-state index in [4.69, 9.17) is 4.74 Å². The molecule has 0 saturated carbocycles. The zero-order valence-corrected chi connectivity index (χ0v) is 14.0. The van der Waals surface area contributed by atoms with Gasteiger partial charge in [0, 0.05) is 24.7 Å². The molecule has 1 aliphatic heterocycles. The van der Waals surface area contributed by atoms with Crippen LogP contribution in [0.15, 0.2) is 18.2 Å². The molecule has 1 heterocycles. The molecule has 5 heteroatoms. The zero-order chi connectivity index (χ0) is 16.4. The van der Waals surface area contributed by atoms with Crippen molar-refractivity contribution in [2.75, 3.05) is 34.3 Å². The molecular formula is C17H25FN2O2. The molecule has 1 saturated heterocycles. The first-order valence-corrected chi connectivity index (χ1v) is 7.64. The number of amides is 1. The second kappa shape index (κ2) is 6.65. The lowest BCUT2D eigenvalue weighted by atomic mass is 9.91. The van der Waals surface area contributed by atoms with Crippen LogP contribution in [0.25, 0.3) is 0 Å². The average Bonchev–Trinajstić information content (AvgIpc) is 2.92. The largest absolute Gasteiger partial charge is 0.494 e. The van der Waals surface area contributed by atoms with Crippen LogP contribution >= 0.6 is 0 Å². The summed E-state index contributed by atoms with van der Waals surface area (Å²) >= 11 is 0. The summed E-state index contributed by atoms with van der Waals surface area (Å²) in [7, 11) is 5.50. The normalized spacial score (nSPS) is 21.7. The SMILES string of the molecule is COc1ccc(C(=O)N2CC(C(C)C)C(N(C)C)C2)cc1F. The molecule has 0 radical (unpaired) electrons. The molecule has 1 aliphatic rings. The molecule has 0 aliphatic carbocycles. The van der Waals surface area contributed by atoms with Gasteiger partial charge in [0.05, 0.1) is 7.11 Å². The highest BCUT2D eigenvalue weighted by Crippen LogP contribution is 2.28. The van der Waals surface area contributed by atoms with E-state index < -0.39 is 5.82 Å². The molecule has 2 rings (SSSR count). The van der Waals surface area contributed by atoms with E-state index in [0.29, 0.717) is 36.5 Å². The predicted octanol–water partition coefficient (Wildman–Crippen LogP) is 2.49. The van der Waals surface area contributed by atoms with Gasteiger partial charge in [-0.1, -0.05) is 13.8 Å². The van der Waals surface area contributed by atoms with Gasteiger partial charge >= 0.3 is 0 Å². The van der Waals surface area contributed by atoms with Crippen molar-refractivity contribution in [2.24, 2.45) is 11.8 Å². The van der Waals surface area contributed by atoms with Crippen LogP contribution in [-0.2, 0) is 0 Å². The number of rotatable bonds is 4. The van der Waals surface area contributed by atoms with E-state index in [0.717, 1.165) is 0 Å². The summed E-state index contributed by atoms with van der Waals surface area (Å²) in [6.45, 7) is 5.76. The molecular weight excluding hydrogens is 283 g/mol. The van der Waals surface area contributed by atoms with Crippen LogP contribution < -0.4 is 4.74 Å². The van der Waals surface area contributed by atoms with Gasteiger partial charge in [0.25, 0.3) is 5.91 Å². The molecule has 0 bridgehead atoms. The first-order valence-electron chi connectivity index (χ1n) is 7.64. The number of hydrogen-bond donors (Lipinski definition) is 0. The lowest BCUT2D eigenvalue weighted by Crippen LogP contribution is -2.37. The van der Waals surface area contributed by atoms with E-state index >= 15 is 0 Å². The molecule has 2 unspecified atom stereocenters. The van der Waals surface area contributed by atoms with E-state index in [9.17, 15) is 9.18 Å². The summed E-state index contributed by atoms with van der Waals surface area (Å²) in [6.07, 6.45) is 0. The predicted molar refractivity (Wildman–Crippen MR) is 84.7 cm³/mol. The lowest BCUT2D eigenvalue weighted by molar-refractivity contribution is 0.0779. The molecule has 122 valence electrons. The number of hydrogen-bond acceptors (Lipinski definition) is 3. The number of ether oxygens (including phenoxy) is 1. The molecule has 1 amide bonds.